The maximum atomic E-state index is 11.2. The van der Waals surface area contributed by atoms with E-state index in [1.54, 1.807) is 0 Å². The molecule has 0 heterocycles. The van der Waals surface area contributed by atoms with Gasteiger partial charge in [-0.1, -0.05) is 94.1 Å². The smallest absolute Gasteiger partial charge is 0.303 e. The summed E-state index contributed by atoms with van der Waals surface area (Å²) in [6.07, 6.45) is 0.471. The topological polar surface area (TPSA) is 55.8 Å². The largest absolute Gasteiger partial charge is 0.458 e. The molecule has 0 fully saturated rings. The summed E-state index contributed by atoms with van der Waals surface area (Å²) in [7, 11) is -2.70. The maximum Gasteiger partial charge on any atom is 0.303 e. The Morgan fingerprint density at radius 3 is 1.93 bits per heavy atom. The third-order valence-electron chi connectivity index (χ3n) is 4.99. The Hall–Kier alpha value is -2.21. The second kappa shape index (κ2) is 10.0. The van der Waals surface area contributed by atoms with Gasteiger partial charge in [-0.15, -0.1) is 0 Å². The first-order valence-electron chi connectivity index (χ1n) is 9.93. The Balaban J connectivity index is 2.36. The van der Waals surface area contributed by atoms with Crippen LogP contribution in [0.1, 0.15) is 34.1 Å². The van der Waals surface area contributed by atoms with Gasteiger partial charge in [-0.3, -0.25) is 4.79 Å². The molecule has 1 N–H and O–H groups in total. The highest BCUT2D eigenvalue weighted by molar-refractivity contribution is 6.99. The Morgan fingerprint density at radius 1 is 1.07 bits per heavy atom. The van der Waals surface area contributed by atoms with Crippen LogP contribution in [0, 0.1) is 0 Å². The van der Waals surface area contributed by atoms with Crippen molar-refractivity contribution in [2.24, 2.45) is 0 Å². The van der Waals surface area contributed by atoms with Crippen LogP contribution in [-0.4, -0.2) is 38.2 Å². The first-order valence-corrected chi connectivity index (χ1v) is 11.8. The van der Waals surface area contributed by atoms with Gasteiger partial charge in [0.25, 0.3) is 8.32 Å². The molecule has 2 atom stereocenters. The van der Waals surface area contributed by atoms with Gasteiger partial charge in [-0.25, -0.2) is 0 Å². The first-order chi connectivity index (χ1) is 13.7. The van der Waals surface area contributed by atoms with E-state index in [2.05, 4.69) is 51.6 Å². The Labute approximate surface area is 175 Å². The van der Waals surface area contributed by atoms with Gasteiger partial charge in [-0.2, -0.15) is 0 Å². The predicted octanol–water partition coefficient (Wildman–Crippen LogP) is 3.43. The Kier molecular flexibility index (Phi) is 7.96. The lowest BCUT2D eigenvalue weighted by atomic mass is 10.1. The van der Waals surface area contributed by atoms with E-state index in [1.165, 1.54) is 13.0 Å². The first kappa shape index (κ1) is 23.1. The molecule has 4 nitrogen and oxygen atoms in total. The number of benzene rings is 2. The van der Waals surface area contributed by atoms with E-state index >= 15 is 0 Å². The number of hydrogen-bond donors (Lipinski definition) is 1. The highest BCUT2D eigenvalue weighted by atomic mass is 28.4. The third kappa shape index (κ3) is 5.66. The van der Waals surface area contributed by atoms with Crippen molar-refractivity contribution in [1.29, 1.82) is 0 Å². The average Bonchev–Trinajstić information content (AvgIpc) is 2.68. The maximum absolute atomic E-state index is 11.2. The molecule has 0 aliphatic heterocycles. The minimum atomic E-state index is -2.70. The summed E-state index contributed by atoms with van der Waals surface area (Å²) in [5, 5.41) is 12.8. The monoisotopic (exact) mass is 412 g/mol. The van der Waals surface area contributed by atoms with Gasteiger partial charge in [0, 0.05) is 13.3 Å². The van der Waals surface area contributed by atoms with E-state index in [0.717, 1.165) is 10.4 Å². The van der Waals surface area contributed by atoms with Gasteiger partial charge >= 0.3 is 5.97 Å². The number of carbonyl (C=O) groups excluding carboxylic acids is 1. The van der Waals surface area contributed by atoms with Crippen molar-refractivity contribution < 1.29 is 19.1 Å². The lowest BCUT2D eigenvalue weighted by molar-refractivity contribution is -0.145. The summed E-state index contributed by atoms with van der Waals surface area (Å²) < 4.78 is 11.9. The van der Waals surface area contributed by atoms with Gasteiger partial charge < -0.3 is 14.3 Å². The van der Waals surface area contributed by atoms with Gasteiger partial charge in [-0.05, 0) is 15.4 Å². The van der Waals surface area contributed by atoms with Crippen molar-refractivity contribution in [1.82, 2.24) is 0 Å². The molecule has 0 aliphatic rings. The molecule has 0 aliphatic carbocycles. The van der Waals surface area contributed by atoms with E-state index in [1.807, 2.05) is 36.4 Å². The van der Waals surface area contributed by atoms with Crippen LogP contribution >= 0.6 is 0 Å². The second-order valence-electron chi connectivity index (χ2n) is 8.25. The van der Waals surface area contributed by atoms with Crippen molar-refractivity contribution in [2.45, 2.75) is 51.4 Å². The van der Waals surface area contributed by atoms with Crippen molar-refractivity contribution in [3.8, 4) is 0 Å². The van der Waals surface area contributed by atoms with E-state index < -0.39 is 26.5 Å². The molecule has 0 unspecified atom stereocenters. The SMILES string of the molecule is C=C[C@H](C[C@H](O)CO[Si](c1ccccc1)(c1ccccc1)C(C)(C)C)OC(C)=O. The normalized spacial score (nSPS) is 14.1. The van der Waals surface area contributed by atoms with Crippen molar-refractivity contribution in [3.05, 3.63) is 73.3 Å². The molecule has 5 heteroatoms. The van der Waals surface area contributed by atoms with Crippen LogP contribution in [0.4, 0.5) is 0 Å². The van der Waals surface area contributed by atoms with Crippen LogP contribution in [0.15, 0.2) is 73.3 Å². The van der Waals surface area contributed by atoms with Gasteiger partial charge in [0.05, 0.1) is 12.7 Å². The Morgan fingerprint density at radius 2 is 1.55 bits per heavy atom. The number of carbonyl (C=O) groups is 1. The highest BCUT2D eigenvalue weighted by Crippen LogP contribution is 2.36. The molecule has 0 bridgehead atoms. The highest BCUT2D eigenvalue weighted by Gasteiger charge is 2.50. The molecule has 2 aromatic carbocycles. The quantitative estimate of drug-likeness (QED) is 0.389. The van der Waals surface area contributed by atoms with Crippen molar-refractivity contribution >= 4 is 24.7 Å². The summed E-state index contributed by atoms with van der Waals surface area (Å²) in [6, 6.07) is 20.6. The molecular weight excluding hydrogens is 380 g/mol. The molecule has 29 heavy (non-hydrogen) atoms. The van der Waals surface area contributed by atoms with Crippen molar-refractivity contribution in [2.75, 3.05) is 6.61 Å². The van der Waals surface area contributed by atoms with Crippen LogP contribution in [0.2, 0.25) is 5.04 Å². The summed E-state index contributed by atoms with van der Waals surface area (Å²) in [6.45, 7) is 11.8. The molecule has 2 rings (SSSR count). The molecule has 0 radical (unpaired) electrons. The summed E-state index contributed by atoms with van der Waals surface area (Å²) in [5.41, 5.74) is 0. The van der Waals surface area contributed by atoms with Crippen LogP contribution in [0.25, 0.3) is 0 Å². The number of rotatable bonds is 9. The number of esters is 1. The molecule has 156 valence electrons. The number of hydrogen-bond acceptors (Lipinski definition) is 4. The molecule has 2 aromatic rings. The predicted molar refractivity (Wildman–Crippen MR) is 120 cm³/mol. The number of ether oxygens (including phenoxy) is 1. The van der Waals surface area contributed by atoms with Crippen LogP contribution in [0.5, 0.6) is 0 Å². The lowest BCUT2D eigenvalue weighted by Crippen LogP contribution is -2.67. The molecule has 0 saturated heterocycles. The van der Waals surface area contributed by atoms with Crippen molar-refractivity contribution in [3.63, 3.8) is 0 Å². The lowest BCUT2D eigenvalue weighted by Gasteiger charge is -2.43. The molecule has 0 aromatic heterocycles. The average molecular weight is 413 g/mol. The minimum absolute atomic E-state index is 0.152. The zero-order valence-electron chi connectivity index (χ0n) is 17.8. The van der Waals surface area contributed by atoms with Gasteiger partial charge in [0.1, 0.15) is 6.10 Å². The number of aliphatic hydroxyl groups excluding tert-OH is 1. The number of aliphatic hydroxyl groups is 1. The van der Waals surface area contributed by atoms with Crippen LogP contribution in [-0.2, 0) is 14.0 Å². The van der Waals surface area contributed by atoms with Gasteiger partial charge in [0.2, 0.25) is 0 Å². The van der Waals surface area contributed by atoms with E-state index in [9.17, 15) is 9.90 Å². The zero-order valence-corrected chi connectivity index (χ0v) is 18.8. The molecule has 0 amide bonds. The third-order valence-corrected chi connectivity index (χ3v) is 10.00. The fourth-order valence-electron chi connectivity index (χ4n) is 3.72. The summed E-state index contributed by atoms with van der Waals surface area (Å²) in [4.78, 5) is 11.2. The summed E-state index contributed by atoms with van der Waals surface area (Å²) in [5.74, 6) is -0.394. The van der Waals surface area contributed by atoms with Gasteiger partial charge in [0.15, 0.2) is 0 Å². The standard InChI is InChI=1S/C24H32O4Si/c1-6-21(28-19(2)25)17-20(26)18-27-29(24(3,4)5,22-13-9-7-10-14-22)23-15-11-8-12-16-23/h6-16,20-21,26H,1,17-18H2,2-5H3/t20-,21+/m0/s1. The van der Waals surface area contributed by atoms with E-state index in [4.69, 9.17) is 9.16 Å². The Bertz CT molecular complexity index is 744. The van der Waals surface area contributed by atoms with E-state index in [-0.39, 0.29) is 18.1 Å². The summed E-state index contributed by atoms with van der Waals surface area (Å²) >= 11 is 0. The minimum Gasteiger partial charge on any atom is -0.458 e. The second-order valence-corrected chi connectivity index (χ2v) is 12.6. The fourth-order valence-corrected chi connectivity index (χ4v) is 8.32. The van der Waals surface area contributed by atoms with Crippen LogP contribution in [0.3, 0.4) is 0 Å². The van der Waals surface area contributed by atoms with E-state index in [0.29, 0.717) is 0 Å². The zero-order chi connectivity index (χ0) is 21.5. The molecular formula is C24H32O4Si. The molecule has 0 saturated carbocycles. The molecule has 0 spiro atoms. The van der Waals surface area contributed by atoms with Crippen LogP contribution < -0.4 is 10.4 Å². The fraction of sp³-hybridized carbons (Fsp3) is 0.375.